The van der Waals surface area contributed by atoms with Crippen LogP contribution in [-0.4, -0.2) is 26.2 Å². The van der Waals surface area contributed by atoms with Crippen LogP contribution in [0, 0.1) is 23.0 Å². The molecule has 1 aliphatic rings. The van der Waals surface area contributed by atoms with E-state index in [2.05, 4.69) is 5.32 Å². The molecule has 108 valence electrons. The molecule has 1 aromatic rings. The molecule has 0 radical (unpaired) electrons. The number of halogens is 2. The zero-order chi connectivity index (χ0) is 14.5. The van der Waals surface area contributed by atoms with Gasteiger partial charge in [0.05, 0.1) is 11.6 Å². The van der Waals surface area contributed by atoms with Crippen LogP contribution in [0.1, 0.15) is 31.2 Å². The fraction of sp³-hybridized carbons (Fsp3) is 0.533. The number of anilines is 1. The first-order valence-electron chi connectivity index (χ1n) is 6.97. The van der Waals surface area contributed by atoms with Crippen molar-refractivity contribution in [3.05, 3.63) is 29.3 Å². The van der Waals surface area contributed by atoms with Gasteiger partial charge in [-0.05, 0) is 51.4 Å². The van der Waals surface area contributed by atoms with Crippen molar-refractivity contribution in [3.8, 4) is 6.07 Å². The van der Waals surface area contributed by atoms with Crippen molar-refractivity contribution in [2.45, 2.75) is 31.7 Å². The third kappa shape index (κ3) is 3.07. The summed E-state index contributed by atoms with van der Waals surface area (Å²) in [6.45, 7) is 1.48. The molecule has 3 nitrogen and oxygen atoms in total. The average molecular weight is 279 g/mol. The van der Waals surface area contributed by atoms with E-state index in [0.717, 1.165) is 44.4 Å². The summed E-state index contributed by atoms with van der Waals surface area (Å²) in [6, 6.07) is 4.15. The number of hydrogen-bond donors (Lipinski definition) is 1. The SMILES string of the molecule is CNCCC1CCCCN1c1c(F)cc(C#N)cc1F. The quantitative estimate of drug-likeness (QED) is 0.921. The maximum Gasteiger partial charge on any atom is 0.150 e. The largest absolute Gasteiger partial charge is 0.364 e. The van der Waals surface area contributed by atoms with Crippen LogP contribution in [-0.2, 0) is 0 Å². The standard InChI is InChI=1S/C15H19F2N3/c1-19-6-5-12-4-2-3-7-20(12)15-13(16)8-11(10-18)9-14(15)17/h8-9,12,19H,2-7H2,1H3. The Balaban J connectivity index is 2.30. The van der Waals surface area contributed by atoms with Crippen LogP contribution in [0.3, 0.4) is 0 Å². The van der Waals surface area contributed by atoms with Gasteiger partial charge in [0.2, 0.25) is 0 Å². The van der Waals surface area contributed by atoms with Crippen molar-refractivity contribution < 1.29 is 8.78 Å². The molecule has 0 spiro atoms. The predicted molar refractivity (Wildman–Crippen MR) is 74.6 cm³/mol. The fourth-order valence-corrected chi connectivity index (χ4v) is 2.81. The van der Waals surface area contributed by atoms with Gasteiger partial charge in [-0.15, -0.1) is 0 Å². The average Bonchev–Trinajstić information content (AvgIpc) is 2.45. The van der Waals surface area contributed by atoms with E-state index < -0.39 is 11.6 Å². The maximum absolute atomic E-state index is 14.1. The molecule has 0 amide bonds. The van der Waals surface area contributed by atoms with E-state index >= 15 is 0 Å². The minimum absolute atomic E-state index is 0.0183. The molecule has 1 aromatic carbocycles. The first kappa shape index (κ1) is 14.7. The summed E-state index contributed by atoms with van der Waals surface area (Å²) in [5.41, 5.74) is 0.0392. The minimum Gasteiger partial charge on any atom is -0.364 e. The van der Waals surface area contributed by atoms with Gasteiger partial charge in [-0.3, -0.25) is 0 Å². The smallest absolute Gasteiger partial charge is 0.150 e. The van der Waals surface area contributed by atoms with Gasteiger partial charge in [0.15, 0.2) is 11.6 Å². The van der Waals surface area contributed by atoms with Gasteiger partial charge in [-0.2, -0.15) is 5.26 Å². The molecular formula is C15H19F2N3. The molecule has 0 saturated carbocycles. The zero-order valence-corrected chi connectivity index (χ0v) is 11.6. The molecular weight excluding hydrogens is 260 g/mol. The second kappa shape index (κ2) is 6.67. The Bertz CT molecular complexity index is 487. The predicted octanol–water partition coefficient (Wildman–Crippen LogP) is 2.80. The third-order valence-corrected chi connectivity index (χ3v) is 3.79. The monoisotopic (exact) mass is 279 g/mol. The highest BCUT2D eigenvalue weighted by Crippen LogP contribution is 2.31. The Kier molecular flexibility index (Phi) is 4.91. The molecule has 20 heavy (non-hydrogen) atoms. The van der Waals surface area contributed by atoms with Crippen LogP contribution >= 0.6 is 0 Å². The highest BCUT2D eigenvalue weighted by atomic mass is 19.1. The lowest BCUT2D eigenvalue weighted by Crippen LogP contribution is -2.42. The van der Waals surface area contributed by atoms with Crippen LogP contribution < -0.4 is 10.2 Å². The number of hydrogen-bond acceptors (Lipinski definition) is 3. The Labute approximate surface area is 118 Å². The van der Waals surface area contributed by atoms with Crippen LogP contribution in [0.5, 0.6) is 0 Å². The highest BCUT2D eigenvalue weighted by molar-refractivity contribution is 5.53. The molecule has 0 aliphatic carbocycles. The summed E-state index contributed by atoms with van der Waals surface area (Å²) in [6.07, 6.45) is 3.83. The van der Waals surface area contributed by atoms with Crippen LogP contribution in [0.4, 0.5) is 14.5 Å². The lowest BCUT2D eigenvalue weighted by Gasteiger charge is -2.38. The van der Waals surface area contributed by atoms with Crippen LogP contribution in [0.15, 0.2) is 12.1 Å². The summed E-state index contributed by atoms with van der Waals surface area (Å²) in [7, 11) is 1.87. The minimum atomic E-state index is -0.641. The first-order chi connectivity index (χ1) is 9.67. The van der Waals surface area contributed by atoms with E-state index in [0.29, 0.717) is 6.54 Å². The number of nitrogens with zero attached hydrogens (tertiary/aromatic N) is 2. The summed E-state index contributed by atoms with van der Waals surface area (Å²) in [4.78, 5) is 1.83. The third-order valence-electron chi connectivity index (χ3n) is 3.79. The summed E-state index contributed by atoms with van der Waals surface area (Å²) >= 11 is 0. The molecule has 1 atom stereocenters. The van der Waals surface area contributed by atoms with Gasteiger partial charge in [-0.25, -0.2) is 8.78 Å². The second-order valence-electron chi connectivity index (χ2n) is 5.14. The Hall–Kier alpha value is -1.67. The molecule has 1 saturated heterocycles. The molecule has 1 fully saturated rings. The van der Waals surface area contributed by atoms with Gasteiger partial charge in [0, 0.05) is 12.6 Å². The molecule has 1 unspecified atom stereocenters. The number of benzene rings is 1. The van der Waals surface area contributed by atoms with Gasteiger partial charge in [-0.1, -0.05) is 0 Å². The van der Waals surface area contributed by atoms with Crippen molar-refractivity contribution in [2.24, 2.45) is 0 Å². The number of piperidine rings is 1. The molecule has 5 heteroatoms. The summed E-state index contributed by atoms with van der Waals surface area (Å²) in [5, 5.41) is 11.8. The normalized spacial score (nSPS) is 18.9. The van der Waals surface area contributed by atoms with E-state index in [-0.39, 0.29) is 17.3 Å². The molecule has 0 bridgehead atoms. The Morgan fingerprint density at radius 3 is 2.65 bits per heavy atom. The van der Waals surface area contributed by atoms with Crippen molar-refractivity contribution >= 4 is 5.69 Å². The fourth-order valence-electron chi connectivity index (χ4n) is 2.81. The van der Waals surface area contributed by atoms with Gasteiger partial charge < -0.3 is 10.2 Å². The number of rotatable bonds is 4. The molecule has 1 aliphatic heterocycles. The number of nitrogens with one attached hydrogen (secondary N) is 1. The van der Waals surface area contributed by atoms with Crippen LogP contribution in [0.25, 0.3) is 0 Å². The van der Waals surface area contributed by atoms with Gasteiger partial charge in [0.1, 0.15) is 5.69 Å². The molecule has 1 N–H and O–H groups in total. The highest BCUT2D eigenvalue weighted by Gasteiger charge is 2.27. The van der Waals surface area contributed by atoms with Gasteiger partial charge in [0.25, 0.3) is 0 Å². The maximum atomic E-state index is 14.1. The topological polar surface area (TPSA) is 39.1 Å². The molecule has 1 heterocycles. The van der Waals surface area contributed by atoms with Crippen molar-refractivity contribution in [1.82, 2.24) is 5.32 Å². The van der Waals surface area contributed by atoms with E-state index in [1.807, 2.05) is 11.9 Å². The van der Waals surface area contributed by atoms with E-state index in [1.165, 1.54) is 0 Å². The van der Waals surface area contributed by atoms with Crippen molar-refractivity contribution in [2.75, 3.05) is 25.0 Å². The zero-order valence-electron chi connectivity index (χ0n) is 11.6. The van der Waals surface area contributed by atoms with Gasteiger partial charge >= 0.3 is 0 Å². The summed E-state index contributed by atoms with van der Waals surface area (Å²) in [5.74, 6) is -1.28. The molecule has 2 rings (SSSR count). The Morgan fingerprint density at radius 2 is 2.05 bits per heavy atom. The van der Waals surface area contributed by atoms with Crippen LogP contribution in [0.2, 0.25) is 0 Å². The Morgan fingerprint density at radius 1 is 1.35 bits per heavy atom. The molecule has 0 aromatic heterocycles. The first-order valence-corrected chi connectivity index (χ1v) is 6.97. The number of nitriles is 1. The van der Waals surface area contributed by atoms with E-state index in [4.69, 9.17) is 5.26 Å². The van der Waals surface area contributed by atoms with E-state index in [1.54, 1.807) is 6.07 Å². The van der Waals surface area contributed by atoms with Crippen molar-refractivity contribution in [1.29, 1.82) is 5.26 Å². The second-order valence-corrected chi connectivity index (χ2v) is 5.14. The van der Waals surface area contributed by atoms with E-state index in [9.17, 15) is 8.78 Å². The lowest BCUT2D eigenvalue weighted by molar-refractivity contribution is 0.420. The van der Waals surface area contributed by atoms with Crippen molar-refractivity contribution in [3.63, 3.8) is 0 Å². The lowest BCUT2D eigenvalue weighted by atomic mass is 9.98. The summed E-state index contributed by atoms with van der Waals surface area (Å²) < 4.78 is 28.3.